The van der Waals surface area contributed by atoms with E-state index in [1.54, 1.807) is 39.9 Å². The average molecular weight is 502 g/mol. The monoisotopic (exact) mass is 501 g/mol. The minimum absolute atomic E-state index is 0.0526. The Morgan fingerprint density at radius 2 is 1.79 bits per heavy atom. The Morgan fingerprint density at radius 1 is 1.06 bits per heavy atom. The van der Waals surface area contributed by atoms with Crippen molar-refractivity contribution < 1.29 is 14.0 Å². The summed E-state index contributed by atoms with van der Waals surface area (Å²) >= 11 is 12.2. The summed E-state index contributed by atoms with van der Waals surface area (Å²) in [4.78, 5) is 26.9. The molecule has 2 aromatic carbocycles. The Labute approximate surface area is 205 Å². The molecular weight excluding hydrogens is 480 g/mol. The first kappa shape index (κ1) is 22.7. The van der Waals surface area contributed by atoms with Gasteiger partial charge in [-0.1, -0.05) is 41.4 Å². The number of benzene rings is 2. The number of nitrogens with two attached hydrogens (primary N) is 1. The lowest BCUT2D eigenvalue weighted by molar-refractivity contribution is 0.0997. The first-order valence-corrected chi connectivity index (χ1v) is 11.7. The number of rotatable bonds is 4. The van der Waals surface area contributed by atoms with Crippen molar-refractivity contribution in [3.63, 3.8) is 0 Å². The number of hydrogen-bond donors (Lipinski definition) is 2. The van der Waals surface area contributed by atoms with Crippen LogP contribution < -0.4 is 11.1 Å². The topological polar surface area (TPSA) is 93.2 Å². The lowest BCUT2D eigenvalue weighted by Gasteiger charge is -2.38. The summed E-state index contributed by atoms with van der Waals surface area (Å²) < 4.78 is 14.9. The van der Waals surface area contributed by atoms with Crippen LogP contribution in [0.1, 0.15) is 40.4 Å². The Bertz CT molecular complexity index is 1270. The molecule has 0 unspecified atom stereocenters. The number of urea groups is 1. The molecule has 0 radical (unpaired) electrons. The highest BCUT2D eigenvalue weighted by Crippen LogP contribution is 2.37. The van der Waals surface area contributed by atoms with Crippen LogP contribution in [0.4, 0.5) is 9.18 Å². The zero-order valence-electron chi connectivity index (χ0n) is 18.1. The van der Waals surface area contributed by atoms with E-state index in [2.05, 4.69) is 10.4 Å². The van der Waals surface area contributed by atoms with Gasteiger partial charge in [0, 0.05) is 18.2 Å². The van der Waals surface area contributed by atoms with Gasteiger partial charge in [-0.25, -0.2) is 9.18 Å². The van der Waals surface area contributed by atoms with Crippen molar-refractivity contribution in [3.05, 3.63) is 75.1 Å². The van der Waals surface area contributed by atoms with Crippen molar-refractivity contribution in [2.24, 2.45) is 5.73 Å². The van der Waals surface area contributed by atoms with Crippen molar-refractivity contribution in [1.29, 1.82) is 0 Å². The van der Waals surface area contributed by atoms with Crippen molar-refractivity contribution in [1.82, 2.24) is 20.0 Å². The lowest BCUT2D eigenvalue weighted by atomic mass is 9.76. The van der Waals surface area contributed by atoms with E-state index in [1.807, 2.05) is 0 Å². The SMILES string of the molecule is NC(=O)c1c(-c2ccc(Cl)c(Cl)c2)nn2c1CN(C(=O)NC1CC(c3ccc(F)cc3)C1)CC2. The number of hydrogen-bond acceptors (Lipinski definition) is 3. The first-order valence-electron chi connectivity index (χ1n) is 11.0. The molecule has 3 amide bonds. The van der Waals surface area contributed by atoms with E-state index >= 15 is 0 Å². The van der Waals surface area contributed by atoms with E-state index in [1.165, 1.54) is 12.1 Å². The van der Waals surface area contributed by atoms with Gasteiger partial charge in [0.1, 0.15) is 11.5 Å². The summed E-state index contributed by atoms with van der Waals surface area (Å²) in [6.45, 7) is 1.10. The van der Waals surface area contributed by atoms with Gasteiger partial charge in [0.25, 0.3) is 5.91 Å². The van der Waals surface area contributed by atoms with E-state index < -0.39 is 5.91 Å². The molecule has 1 aliphatic carbocycles. The molecular formula is C24H22Cl2FN5O2. The van der Waals surface area contributed by atoms with Crippen LogP contribution in [0.5, 0.6) is 0 Å². The average Bonchev–Trinajstić information content (AvgIpc) is 3.17. The highest BCUT2D eigenvalue weighted by molar-refractivity contribution is 6.42. The Hall–Kier alpha value is -3.10. The second-order valence-electron chi connectivity index (χ2n) is 8.67. The van der Waals surface area contributed by atoms with Gasteiger partial charge in [0.15, 0.2) is 0 Å². The molecule has 1 aromatic heterocycles. The summed E-state index contributed by atoms with van der Waals surface area (Å²) in [5.41, 5.74) is 8.70. The fourth-order valence-corrected chi connectivity index (χ4v) is 4.90. The van der Waals surface area contributed by atoms with Gasteiger partial charge in [0.2, 0.25) is 0 Å². The number of nitrogens with one attached hydrogen (secondary N) is 1. The van der Waals surface area contributed by atoms with Gasteiger partial charge in [-0.05, 0) is 48.6 Å². The summed E-state index contributed by atoms with van der Waals surface area (Å²) in [5.74, 6) is -0.565. The molecule has 3 N–H and O–H groups in total. The molecule has 0 bridgehead atoms. The van der Waals surface area contributed by atoms with Crippen LogP contribution in [-0.2, 0) is 13.1 Å². The molecule has 10 heteroatoms. The predicted molar refractivity (Wildman–Crippen MR) is 127 cm³/mol. The maximum Gasteiger partial charge on any atom is 0.318 e. The number of nitrogens with zero attached hydrogens (tertiary/aromatic N) is 3. The fraction of sp³-hybridized carbons (Fsp3) is 0.292. The Kier molecular flexibility index (Phi) is 5.95. The molecule has 34 heavy (non-hydrogen) atoms. The summed E-state index contributed by atoms with van der Waals surface area (Å²) in [7, 11) is 0. The van der Waals surface area contributed by atoms with Gasteiger partial charge < -0.3 is 16.0 Å². The molecule has 2 aliphatic rings. The minimum Gasteiger partial charge on any atom is -0.365 e. The molecule has 2 heterocycles. The Balaban J connectivity index is 1.28. The van der Waals surface area contributed by atoms with E-state index in [4.69, 9.17) is 28.9 Å². The molecule has 0 spiro atoms. The molecule has 1 saturated carbocycles. The zero-order chi connectivity index (χ0) is 24.0. The summed E-state index contributed by atoms with van der Waals surface area (Å²) in [6.07, 6.45) is 1.61. The largest absolute Gasteiger partial charge is 0.365 e. The molecule has 3 aromatic rings. The number of amides is 3. The third-order valence-corrected chi connectivity index (χ3v) is 7.25. The molecule has 0 saturated heterocycles. The van der Waals surface area contributed by atoms with E-state index in [0.29, 0.717) is 46.0 Å². The highest BCUT2D eigenvalue weighted by atomic mass is 35.5. The number of carbonyl (C=O) groups is 2. The zero-order valence-corrected chi connectivity index (χ0v) is 19.6. The summed E-state index contributed by atoms with van der Waals surface area (Å²) in [5, 5.41) is 8.38. The molecule has 1 aliphatic heterocycles. The number of carbonyl (C=O) groups excluding carboxylic acids is 2. The van der Waals surface area contributed by atoms with Crippen molar-refractivity contribution >= 4 is 35.1 Å². The third-order valence-electron chi connectivity index (χ3n) is 6.51. The van der Waals surface area contributed by atoms with E-state index in [9.17, 15) is 14.0 Å². The number of halogens is 3. The van der Waals surface area contributed by atoms with Crippen LogP contribution in [0.15, 0.2) is 42.5 Å². The lowest BCUT2D eigenvalue weighted by Crippen LogP contribution is -2.51. The van der Waals surface area contributed by atoms with Gasteiger partial charge in [-0.2, -0.15) is 5.10 Å². The van der Waals surface area contributed by atoms with Crippen molar-refractivity contribution in [2.45, 2.75) is 37.9 Å². The third kappa shape index (κ3) is 4.23. The van der Waals surface area contributed by atoms with Gasteiger partial charge in [-0.15, -0.1) is 0 Å². The molecule has 7 nitrogen and oxygen atoms in total. The number of aromatic nitrogens is 2. The standard InChI is InChI=1S/C24H22Cl2FN5O2/c25-18-6-3-14(11-19(18)26)22-21(23(28)33)20-12-31(7-8-32(20)30-22)24(34)29-17-9-15(10-17)13-1-4-16(27)5-2-13/h1-6,11,15,17H,7-10,12H2,(H2,28,33)(H,29,34). The maximum atomic E-state index is 13.1. The highest BCUT2D eigenvalue weighted by Gasteiger charge is 2.34. The van der Waals surface area contributed by atoms with Crippen LogP contribution >= 0.6 is 23.2 Å². The molecule has 176 valence electrons. The second kappa shape index (κ2) is 8.92. The fourth-order valence-electron chi connectivity index (χ4n) is 4.60. The van der Waals surface area contributed by atoms with Gasteiger partial charge in [-0.3, -0.25) is 9.48 Å². The molecule has 1 fully saturated rings. The van der Waals surface area contributed by atoms with Crippen LogP contribution in [0.25, 0.3) is 11.3 Å². The predicted octanol–water partition coefficient (Wildman–Crippen LogP) is 4.57. The van der Waals surface area contributed by atoms with Crippen LogP contribution in [0.3, 0.4) is 0 Å². The number of primary amides is 1. The van der Waals surface area contributed by atoms with Gasteiger partial charge in [0.05, 0.1) is 34.4 Å². The van der Waals surface area contributed by atoms with Crippen molar-refractivity contribution in [2.75, 3.05) is 6.54 Å². The Morgan fingerprint density at radius 3 is 2.47 bits per heavy atom. The normalized spacial score (nSPS) is 19.3. The van der Waals surface area contributed by atoms with Crippen LogP contribution in [0, 0.1) is 5.82 Å². The molecule has 0 atom stereocenters. The number of fused-ring (bicyclic) bond motifs is 1. The van der Waals surface area contributed by atoms with Crippen molar-refractivity contribution in [3.8, 4) is 11.3 Å². The smallest absolute Gasteiger partial charge is 0.318 e. The van der Waals surface area contributed by atoms with E-state index in [0.717, 1.165) is 18.4 Å². The van der Waals surface area contributed by atoms with Crippen LogP contribution in [-0.4, -0.2) is 39.2 Å². The maximum absolute atomic E-state index is 13.1. The van der Waals surface area contributed by atoms with Crippen LogP contribution in [0.2, 0.25) is 10.0 Å². The molecule has 5 rings (SSSR count). The van der Waals surface area contributed by atoms with E-state index in [-0.39, 0.29) is 30.0 Å². The van der Waals surface area contributed by atoms with Gasteiger partial charge >= 0.3 is 6.03 Å². The second-order valence-corrected chi connectivity index (χ2v) is 9.49. The quantitative estimate of drug-likeness (QED) is 0.548. The minimum atomic E-state index is -0.620. The first-order chi connectivity index (χ1) is 16.3. The summed E-state index contributed by atoms with van der Waals surface area (Å²) in [6, 6.07) is 11.4.